The molecule has 0 unspecified atom stereocenters. The standard InChI is InChI=1S/C20H22N2O/c1-14-5-6-17-18(12-14)23-13-16-4-3-9-21-20(16)19(17)15-7-10-22(2)11-8-15/h3-6,9,12H,7-8,10-11,13H2,1-2H3. The number of likely N-dealkylation sites (tertiary alicyclic amines) is 1. The molecule has 0 saturated carbocycles. The summed E-state index contributed by atoms with van der Waals surface area (Å²) in [6.45, 7) is 4.94. The first kappa shape index (κ1) is 14.5. The molecule has 0 N–H and O–H groups in total. The topological polar surface area (TPSA) is 25.4 Å². The second-order valence-electron chi connectivity index (χ2n) is 6.58. The number of hydrogen-bond acceptors (Lipinski definition) is 3. The number of ether oxygens (including phenoxy) is 1. The van der Waals surface area contributed by atoms with Crippen LogP contribution in [0.4, 0.5) is 0 Å². The third-order valence-electron chi connectivity index (χ3n) is 4.86. The molecule has 4 rings (SSSR count). The summed E-state index contributed by atoms with van der Waals surface area (Å²) in [6, 6.07) is 10.7. The fourth-order valence-electron chi connectivity index (χ4n) is 3.52. The SMILES string of the molecule is Cc1ccc2c(c1)OCc1cccnc1C2=C1CCN(C)CC1. The fourth-order valence-corrected chi connectivity index (χ4v) is 3.52. The first-order valence-corrected chi connectivity index (χ1v) is 8.31. The maximum Gasteiger partial charge on any atom is 0.127 e. The molecule has 1 fully saturated rings. The molecular formula is C20H22N2O. The summed E-state index contributed by atoms with van der Waals surface area (Å²) in [6.07, 6.45) is 4.11. The minimum Gasteiger partial charge on any atom is -0.488 e. The molecule has 2 aliphatic heterocycles. The van der Waals surface area contributed by atoms with E-state index in [-0.39, 0.29) is 0 Å². The molecule has 0 aliphatic carbocycles. The molecule has 0 radical (unpaired) electrons. The van der Waals surface area contributed by atoms with Crippen molar-refractivity contribution in [3.05, 3.63) is 64.5 Å². The Morgan fingerprint density at radius 3 is 2.78 bits per heavy atom. The lowest BCUT2D eigenvalue weighted by molar-refractivity contribution is 0.306. The second kappa shape index (κ2) is 5.82. The van der Waals surface area contributed by atoms with Crippen molar-refractivity contribution in [1.82, 2.24) is 9.88 Å². The number of pyridine rings is 1. The normalized spacial score (nSPS) is 18.0. The first-order valence-electron chi connectivity index (χ1n) is 8.31. The molecule has 0 spiro atoms. The molecule has 0 atom stereocenters. The van der Waals surface area contributed by atoms with Gasteiger partial charge >= 0.3 is 0 Å². The maximum atomic E-state index is 6.11. The van der Waals surface area contributed by atoms with Gasteiger partial charge in [-0.15, -0.1) is 0 Å². The smallest absolute Gasteiger partial charge is 0.127 e. The van der Waals surface area contributed by atoms with Gasteiger partial charge in [-0.2, -0.15) is 0 Å². The van der Waals surface area contributed by atoms with Gasteiger partial charge in [-0.05, 0) is 44.5 Å². The van der Waals surface area contributed by atoms with Gasteiger partial charge in [0.1, 0.15) is 12.4 Å². The molecule has 1 aromatic heterocycles. The summed E-state index contributed by atoms with van der Waals surface area (Å²) >= 11 is 0. The Bertz CT molecular complexity index is 769. The van der Waals surface area contributed by atoms with Crippen LogP contribution in [-0.4, -0.2) is 30.0 Å². The van der Waals surface area contributed by atoms with Crippen LogP contribution >= 0.6 is 0 Å². The number of aromatic nitrogens is 1. The van der Waals surface area contributed by atoms with Crippen LogP contribution in [0.2, 0.25) is 0 Å². The monoisotopic (exact) mass is 306 g/mol. The summed E-state index contributed by atoms with van der Waals surface area (Å²) in [4.78, 5) is 7.12. The summed E-state index contributed by atoms with van der Waals surface area (Å²) in [5, 5.41) is 0. The van der Waals surface area contributed by atoms with Crippen LogP contribution < -0.4 is 4.74 Å². The van der Waals surface area contributed by atoms with Gasteiger partial charge < -0.3 is 9.64 Å². The van der Waals surface area contributed by atoms with Crippen LogP contribution in [-0.2, 0) is 6.61 Å². The molecule has 1 aromatic carbocycles. The Morgan fingerprint density at radius 1 is 1.13 bits per heavy atom. The third-order valence-corrected chi connectivity index (χ3v) is 4.86. The molecule has 1 saturated heterocycles. The van der Waals surface area contributed by atoms with Gasteiger partial charge in [0.15, 0.2) is 0 Å². The van der Waals surface area contributed by atoms with Crippen molar-refractivity contribution in [2.45, 2.75) is 26.4 Å². The highest BCUT2D eigenvalue weighted by molar-refractivity contribution is 5.85. The quantitative estimate of drug-likeness (QED) is 0.740. The molecule has 0 amide bonds. The highest BCUT2D eigenvalue weighted by Gasteiger charge is 2.24. The van der Waals surface area contributed by atoms with E-state index < -0.39 is 0 Å². The van der Waals surface area contributed by atoms with E-state index in [9.17, 15) is 0 Å². The molecule has 2 aromatic rings. The fraction of sp³-hybridized carbons (Fsp3) is 0.350. The lowest BCUT2D eigenvalue weighted by Crippen LogP contribution is -2.27. The summed E-state index contributed by atoms with van der Waals surface area (Å²) in [5.74, 6) is 0.990. The minimum atomic E-state index is 0.594. The van der Waals surface area contributed by atoms with Gasteiger partial charge in [-0.1, -0.05) is 23.8 Å². The van der Waals surface area contributed by atoms with Gasteiger partial charge in [-0.3, -0.25) is 4.98 Å². The van der Waals surface area contributed by atoms with Crippen LogP contribution in [0.1, 0.15) is 35.2 Å². The van der Waals surface area contributed by atoms with Crippen molar-refractivity contribution >= 4 is 5.57 Å². The highest BCUT2D eigenvalue weighted by Crippen LogP contribution is 2.40. The van der Waals surface area contributed by atoms with E-state index in [1.54, 1.807) is 0 Å². The van der Waals surface area contributed by atoms with Gasteiger partial charge in [0, 0.05) is 36.0 Å². The van der Waals surface area contributed by atoms with E-state index in [4.69, 9.17) is 9.72 Å². The van der Waals surface area contributed by atoms with E-state index in [0.29, 0.717) is 6.61 Å². The van der Waals surface area contributed by atoms with Crippen LogP contribution in [0.5, 0.6) is 5.75 Å². The van der Waals surface area contributed by atoms with Crippen molar-refractivity contribution in [3.8, 4) is 5.75 Å². The first-order chi connectivity index (χ1) is 11.2. The van der Waals surface area contributed by atoms with Crippen LogP contribution in [0.3, 0.4) is 0 Å². The number of fused-ring (bicyclic) bond motifs is 2. The van der Waals surface area contributed by atoms with Gasteiger partial charge in [-0.25, -0.2) is 0 Å². The lowest BCUT2D eigenvalue weighted by atomic mass is 9.89. The average molecular weight is 306 g/mol. The van der Waals surface area contributed by atoms with Crippen molar-refractivity contribution in [2.75, 3.05) is 20.1 Å². The predicted molar refractivity (Wildman–Crippen MR) is 92.5 cm³/mol. The number of aryl methyl sites for hydroxylation is 1. The number of nitrogens with zero attached hydrogens (tertiary/aromatic N) is 2. The van der Waals surface area contributed by atoms with E-state index in [2.05, 4.69) is 43.1 Å². The molecule has 2 aliphatic rings. The summed E-state index contributed by atoms with van der Waals surface area (Å²) in [5.41, 5.74) is 7.54. The third kappa shape index (κ3) is 2.66. The Kier molecular flexibility index (Phi) is 3.66. The number of piperidine rings is 1. The van der Waals surface area contributed by atoms with Crippen LogP contribution in [0.25, 0.3) is 5.57 Å². The van der Waals surface area contributed by atoms with Gasteiger partial charge in [0.05, 0.1) is 5.69 Å². The molecule has 118 valence electrons. The van der Waals surface area contributed by atoms with Crippen molar-refractivity contribution < 1.29 is 4.74 Å². The minimum absolute atomic E-state index is 0.594. The van der Waals surface area contributed by atoms with Crippen molar-refractivity contribution in [1.29, 1.82) is 0 Å². The second-order valence-corrected chi connectivity index (χ2v) is 6.58. The maximum absolute atomic E-state index is 6.11. The van der Waals surface area contributed by atoms with E-state index >= 15 is 0 Å². The molecule has 23 heavy (non-hydrogen) atoms. The lowest BCUT2D eigenvalue weighted by Gasteiger charge is -2.26. The average Bonchev–Trinajstić information content (AvgIpc) is 2.72. The summed E-state index contributed by atoms with van der Waals surface area (Å²) < 4.78 is 6.11. The molecule has 3 heteroatoms. The van der Waals surface area contributed by atoms with E-state index in [1.807, 2.05) is 12.3 Å². The van der Waals surface area contributed by atoms with Crippen LogP contribution in [0.15, 0.2) is 42.1 Å². The largest absolute Gasteiger partial charge is 0.488 e. The van der Waals surface area contributed by atoms with Crippen molar-refractivity contribution in [2.24, 2.45) is 0 Å². The Balaban J connectivity index is 1.94. The highest BCUT2D eigenvalue weighted by atomic mass is 16.5. The zero-order valence-corrected chi connectivity index (χ0v) is 13.8. The molecule has 3 nitrogen and oxygen atoms in total. The van der Waals surface area contributed by atoms with E-state index in [1.165, 1.54) is 27.8 Å². The Morgan fingerprint density at radius 2 is 1.96 bits per heavy atom. The van der Waals surface area contributed by atoms with Gasteiger partial charge in [0.25, 0.3) is 0 Å². The Hall–Kier alpha value is -2.13. The number of benzene rings is 1. The van der Waals surface area contributed by atoms with Crippen LogP contribution in [0, 0.1) is 6.92 Å². The molecule has 3 heterocycles. The van der Waals surface area contributed by atoms with Crippen molar-refractivity contribution in [3.63, 3.8) is 0 Å². The predicted octanol–water partition coefficient (Wildman–Crippen LogP) is 3.81. The van der Waals surface area contributed by atoms with Gasteiger partial charge in [0.2, 0.25) is 0 Å². The molecule has 0 bridgehead atoms. The summed E-state index contributed by atoms with van der Waals surface area (Å²) in [7, 11) is 2.20. The zero-order valence-electron chi connectivity index (χ0n) is 13.8. The zero-order chi connectivity index (χ0) is 15.8. The number of rotatable bonds is 0. The molecular weight excluding hydrogens is 284 g/mol. The Labute approximate surface area is 137 Å². The van der Waals surface area contributed by atoms with E-state index in [0.717, 1.165) is 37.4 Å². The number of hydrogen-bond donors (Lipinski definition) is 0.